The summed E-state index contributed by atoms with van der Waals surface area (Å²) in [4.78, 5) is 23.2. The SMILES string of the molecule is O=C(CN(c1cccc([N+](=O)[O-])c1)S(=O)(=O)c1ccccc1)NCCCSCc1ccccc1Cl. The van der Waals surface area contributed by atoms with Crippen LogP contribution in [0.5, 0.6) is 0 Å². The van der Waals surface area contributed by atoms with Crippen LogP contribution in [0.2, 0.25) is 5.02 Å². The van der Waals surface area contributed by atoms with E-state index in [9.17, 15) is 23.3 Å². The van der Waals surface area contributed by atoms with Gasteiger partial charge in [-0.25, -0.2) is 8.42 Å². The van der Waals surface area contributed by atoms with E-state index in [2.05, 4.69) is 5.32 Å². The fraction of sp³-hybridized carbons (Fsp3) is 0.208. The molecule has 0 heterocycles. The summed E-state index contributed by atoms with van der Waals surface area (Å²) in [6, 6.07) is 20.4. The fourth-order valence-corrected chi connectivity index (χ4v) is 5.86. The number of rotatable bonds is 12. The zero-order valence-corrected chi connectivity index (χ0v) is 21.1. The van der Waals surface area contributed by atoms with Crippen molar-refractivity contribution >= 4 is 50.7 Å². The molecule has 3 rings (SSSR count). The van der Waals surface area contributed by atoms with Crippen LogP contribution in [0.4, 0.5) is 11.4 Å². The monoisotopic (exact) mass is 533 g/mol. The Morgan fingerprint density at radius 3 is 2.46 bits per heavy atom. The van der Waals surface area contributed by atoms with Gasteiger partial charge in [-0.1, -0.05) is 54.1 Å². The lowest BCUT2D eigenvalue weighted by molar-refractivity contribution is -0.384. The minimum absolute atomic E-state index is 0.0183. The van der Waals surface area contributed by atoms with Crippen molar-refractivity contribution in [2.45, 2.75) is 17.1 Å². The molecule has 8 nitrogen and oxygen atoms in total. The highest BCUT2D eigenvalue weighted by Crippen LogP contribution is 2.27. The van der Waals surface area contributed by atoms with Crippen molar-refractivity contribution in [3.8, 4) is 0 Å². The van der Waals surface area contributed by atoms with Crippen molar-refractivity contribution in [2.24, 2.45) is 0 Å². The highest BCUT2D eigenvalue weighted by atomic mass is 35.5. The number of anilines is 1. The first kappa shape index (κ1) is 26.5. The Bertz CT molecular complexity index is 1270. The van der Waals surface area contributed by atoms with E-state index < -0.39 is 27.4 Å². The van der Waals surface area contributed by atoms with Gasteiger partial charge in [0.25, 0.3) is 15.7 Å². The zero-order valence-electron chi connectivity index (χ0n) is 18.7. The van der Waals surface area contributed by atoms with E-state index in [0.29, 0.717) is 18.0 Å². The number of nitrogens with one attached hydrogen (secondary N) is 1. The number of thioether (sulfide) groups is 1. The van der Waals surface area contributed by atoms with Crippen LogP contribution in [0.25, 0.3) is 0 Å². The van der Waals surface area contributed by atoms with E-state index in [1.165, 1.54) is 30.3 Å². The molecule has 3 aromatic rings. The molecule has 0 atom stereocenters. The molecule has 0 saturated carbocycles. The Hall–Kier alpha value is -3.08. The summed E-state index contributed by atoms with van der Waals surface area (Å²) in [6.07, 6.45) is 0.684. The van der Waals surface area contributed by atoms with Gasteiger partial charge in [0.15, 0.2) is 0 Å². The maximum Gasteiger partial charge on any atom is 0.271 e. The Morgan fingerprint density at radius 1 is 1.03 bits per heavy atom. The molecule has 35 heavy (non-hydrogen) atoms. The number of nitrogens with zero attached hydrogens (tertiary/aromatic N) is 2. The van der Waals surface area contributed by atoms with Crippen LogP contribution in [0.1, 0.15) is 12.0 Å². The number of halogens is 1. The first-order valence-electron chi connectivity index (χ1n) is 10.7. The van der Waals surface area contributed by atoms with Crippen molar-refractivity contribution < 1.29 is 18.1 Å². The molecule has 0 fully saturated rings. The van der Waals surface area contributed by atoms with Crippen molar-refractivity contribution in [1.82, 2.24) is 5.32 Å². The maximum atomic E-state index is 13.3. The number of nitro benzene ring substituents is 1. The Labute approximate surface area is 213 Å². The topological polar surface area (TPSA) is 110 Å². The van der Waals surface area contributed by atoms with Crippen molar-refractivity contribution in [3.05, 3.63) is 99.6 Å². The molecule has 0 aliphatic heterocycles. The molecule has 0 aliphatic carbocycles. The summed E-state index contributed by atoms with van der Waals surface area (Å²) in [7, 11) is -4.13. The second-order valence-electron chi connectivity index (χ2n) is 7.45. The number of hydrogen-bond donors (Lipinski definition) is 1. The zero-order chi connectivity index (χ0) is 25.3. The molecule has 1 amide bonds. The Kier molecular flexibility index (Phi) is 9.53. The van der Waals surface area contributed by atoms with Gasteiger partial charge in [0, 0.05) is 29.5 Å². The van der Waals surface area contributed by atoms with Gasteiger partial charge in [0.2, 0.25) is 5.91 Å². The van der Waals surface area contributed by atoms with Crippen molar-refractivity contribution in [1.29, 1.82) is 0 Å². The first-order valence-corrected chi connectivity index (χ1v) is 13.7. The molecule has 11 heteroatoms. The van der Waals surface area contributed by atoms with Gasteiger partial charge in [-0.05, 0) is 42.0 Å². The van der Waals surface area contributed by atoms with E-state index in [1.54, 1.807) is 30.0 Å². The molecule has 184 valence electrons. The van der Waals surface area contributed by atoms with Gasteiger partial charge in [-0.2, -0.15) is 11.8 Å². The van der Waals surface area contributed by atoms with E-state index in [1.807, 2.05) is 24.3 Å². The molecule has 0 radical (unpaired) electrons. The van der Waals surface area contributed by atoms with Crippen LogP contribution in [-0.2, 0) is 20.6 Å². The van der Waals surface area contributed by atoms with Gasteiger partial charge < -0.3 is 5.32 Å². The lowest BCUT2D eigenvalue weighted by Crippen LogP contribution is -2.41. The lowest BCUT2D eigenvalue weighted by Gasteiger charge is -2.24. The molecule has 1 N–H and O–H groups in total. The van der Waals surface area contributed by atoms with Crippen molar-refractivity contribution in [2.75, 3.05) is 23.1 Å². The lowest BCUT2D eigenvalue weighted by atomic mass is 10.2. The van der Waals surface area contributed by atoms with Crippen LogP contribution in [0.3, 0.4) is 0 Å². The number of amides is 1. The summed E-state index contributed by atoms with van der Waals surface area (Å²) < 4.78 is 27.5. The fourth-order valence-electron chi connectivity index (χ4n) is 3.18. The van der Waals surface area contributed by atoms with Gasteiger partial charge in [-0.15, -0.1) is 0 Å². The van der Waals surface area contributed by atoms with Crippen LogP contribution in [0.15, 0.2) is 83.8 Å². The average Bonchev–Trinajstić information content (AvgIpc) is 2.86. The van der Waals surface area contributed by atoms with E-state index in [0.717, 1.165) is 27.4 Å². The molecular weight excluding hydrogens is 510 g/mol. The van der Waals surface area contributed by atoms with Crippen LogP contribution in [0, 0.1) is 10.1 Å². The van der Waals surface area contributed by atoms with Gasteiger partial charge >= 0.3 is 0 Å². The quantitative estimate of drug-likeness (QED) is 0.202. The molecular formula is C24H24ClN3O5S2. The minimum atomic E-state index is -4.13. The second kappa shape index (κ2) is 12.6. The van der Waals surface area contributed by atoms with Crippen LogP contribution < -0.4 is 9.62 Å². The maximum absolute atomic E-state index is 13.3. The Balaban J connectivity index is 1.63. The van der Waals surface area contributed by atoms with Gasteiger partial charge in [0.1, 0.15) is 6.54 Å². The third kappa shape index (κ3) is 7.45. The number of sulfonamides is 1. The number of carbonyl (C=O) groups excluding carboxylic acids is 1. The largest absolute Gasteiger partial charge is 0.354 e. The summed E-state index contributed by atoms with van der Waals surface area (Å²) in [5, 5.41) is 14.7. The highest BCUT2D eigenvalue weighted by Gasteiger charge is 2.28. The van der Waals surface area contributed by atoms with Crippen molar-refractivity contribution in [3.63, 3.8) is 0 Å². The predicted molar refractivity (Wildman–Crippen MR) is 139 cm³/mol. The minimum Gasteiger partial charge on any atom is -0.354 e. The number of non-ortho nitro benzene ring substituents is 1. The summed E-state index contributed by atoms with van der Waals surface area (Å²) >= 11 is 7.83. The Morgan fingerprint density at radius 2 is 1.74 bits per heavy atom. The standard InChI is InChI=1S/C24H24ClN3O5S2/c25-23-13-5-4-8-19(23)18-34-15-7-14-26-24(29)17-27(20-9-6-10-21(16-20)28(30)31)35(32,33)22-11-2-1-3-12-22/h1-6,8-13,16H,7,14-15,17-18H2,(H,26,29). The normalized spacial score (nSPS) is 11.1. The smallest absolute Gasteiger partial charge is 0.271 e. The predicted octanol–water partition coefficient (Wildman–Crippen LogP) is 4.88. The third-order valence-corrected chi connectivity index (χ3v) is 8.20. The molecule has 0 spiro atoms. The summed E-state index contributed by atoms with van der Waals surface area (Å²) in [6.45, 7) is -0.145. The molecule has 3 aromatic carbocycles. The van der Waals surface area contributed by atoms with E-state index >= 15 is 0 Å². The number of hydrogen-bond acceptors (Lipinski definition) is 6. The van der Waals surface area contributed by atoms with Crippen LogP contribution in [-0.4, -0.2) is 38.1 Å². The van der Waals surface area contributed by atoms with E-state index in [-0.39, 0.29) is 16.3 Å². The molecule has 0 aliphatic rings. The molecule has 0 saturated heterocycles. The first-order chi connectivity index (χ1) is 16.8. The average molecular weight is 534 g/mol. The molecule has 0 unspecified atom stereocenters. The van der Waals surface area contributed by atoms with E-state index in [4.69, 9.17) is 11.6 Å². The summed E-state index contributed by atoms with van der Waals surface area (Å²) in [5.74, 6) is 1.03. The molecule has 0 bridgehead atoms. The number of carbonyl (C=O) groups is 1. The third-order valence-electron chi connectivity index (χ3n) is 4.95. The van der Waals surface area contributed by atoms with Gasteiger partial charge in [-0.3, -0.25) is 19.2 Å². The van der Waals surface area contributed by atoms with Crippen LogP contribution >= 0.6 is 23.4 Å². The molecule has 0 aromatic heterocycles. The highest BCUT2D eigenvalue weighted by molar-refractivity contribution is 7.98. The van der Waals surface area contributed by atoms with Gasteiger partial charge in [0.05, 0.1) is 15.5 Å². The second-order valence-corrected chi connectivity index (χ2v) is 10.8. The number of nitro groups is 1. The number of benzene rings is 3. The summed E-state index contributed by atoms with van der Waals surface area (Å²) in [5.41, 5.74) is 0.808.